The molecule has 0 aromatic carbocycles. The Morgan fingerprint density at radius 1 is 2.00 bits per heavy atom. The molecule has 0 amide bonds. The van der Waals surface area contributed by atoms with Crippen molar-refractivity contribution in [3.8, 4) is 0 Å². The van der Waals surface area contributed by atoms with Gasteiger partial charge in [-0.25, -0.2) is 0 Å². The van der Waals surface area contributed by atoms with Gasteiger partial charge in [-0.3, -0.25) is 0 Å². The standard InChI is InChI=1S/C3H6NO/c1-3-4-5-2/h3H,1H2,2H3/b4-3+. The largest absolute Gasteiger partial charge is 0.399 e. The van der Waals surface area contributed by atoms with Gasteiger partial charge < -0.3 is 4.84 Å². The molecule has 0 aromatic rings. The van der Waals surface area contributed by atoms with Gasteiger partial charge >= 0.3 is 0 Å². The molecule has 0 aliphatic rings. The molecule has 0 heterocycles. The Morgan fingerprint density at radius 2 is 2.60 bits per heavy atom. The third kappa shape index (κ3) is 3.47. The van der Waals surface area contributed by atoms with Gasteiger partial charge in [0.25, 0.3) is 0 Å². The molecule has 0 bridgehead atoms. The Morgan fingerprint density at radius 3 is 2.60 bits per heavy atom. The summed E-state index contributed by atoms with van der Waals surface area (Å²) in [4.78, 5) is 4.20. The van der Waals surface area contributed by atoms with Crippen LogP contribution in [0.4, 0.5) is 0 Å². The normalized spacial score (nSPS) is 9.20. The number of rotatable bonds is 1. The predicted octanol–water partition coefficient (Wildman–Crippen LogP) is 0.453. The average molecular weight is 72.1 g/mol. The molecule has 0 N–H and O–H groups in total. The van der Waals surface area contributed by atoms with Gasteiger partial charge in [-0.15, -0.1) is 0 Å². The molecule has 0 fully saturated rings. The highest BCUT2D eigenvalue weighted by Crippen LogP contribution is 1.56. The monoisotopic (exact) mass is 72.0 g/mol. The summed E-state index contributed by atoms with van der Waals surface area (Å²) < 4.78 is 0. The maximum absolute atomic E-state index is 4.20. The highest BCUT2D eigenvalue weighted by molar-refractivity contribution is 5.60. The van der Waals surface area contributed by atoms with Crippen molar-refractivity contribution in [3.63, 3.8) is 0 Å². The van der Waals surface area contributed by atoms with E-state index in [1.807, 2.05) is 0 Å². The Bertz CT molecular complexity index is 33.9. The predicted molar refractivity (Wildman–Crippen MR) is 20.9 cm³/mol. The van der Waals surface area contributed by atoms with E-state index < -0.39 is 0 Å². The Hall–Kier alpha value is -0.530. The number of hydrogen-bond acceptors (Lipinski definition) is 2. The van der Waals surface area contributed by atoms with Gasteiger partial charge in [0.2, 0.25) is 0 Å². The van der Waals surface area contributed by atoms with Crippen LogP contribution in [0.3, 0.4) is 0 Å². The maximum atomic E-state index is 4.20. The topological polar surface area (TPSA) is 21.6 Å². The lowest BCUT2D eigenvalue weighted by Crippen LogP contribution is -1.63. The minimum absolute atomic E-state index is 1.33. The van der Waals surface area contributed by atoms with Crippen LogP contribution >= 0.6 is 0 Å². The fourth-order valence-corrected chi connectivity index (χ4v) is 0.0745. The van der Waals surface area contributed by atoms with E-state index in [9.17, 15) is 0 Å². The van der Waals surface area contributed by atoms with Crippen LogP contribution in [0.5, 0.6) is 0 Å². The van der Waals surface area contributed by atoms with Gasteiger partial charge in [-0.05, 0) is 6.92 Å². The Balaban J connectivity index is 2.62. The molecule has 0 saturated heterocycles. The van der Waals surface area contributed by atoms with Gasteiger partial charge in [0.05, 0.1) is 0 Å². The zero-order valence-corrected chi connectivity index (χ0v) is 3.14. The van der Waals surface area contributed by atoms with Crippen LogP contribution in [0.15, 0.2) is 5.16 Å². The van der Waals surface area contributed by atoms with Gasteiger partial charge in [-0.2, -0.15) is 0 Å². The average Bonchev–Trinajstić information content (AvgIpc) is 1.41. The molecule has 5 heavy (non-hydrogen) atoms. The molecule has 0 aromatic heterocycles. The second kappa shape index (κ2) is 3.47. The second-order valence-electron chi connectivity index (χ2n) is 0.471. The quantitative estimate of drug-likeness (QED) is 0.325. The second-order valence-corrected chi connectivity index (χ2v) is 0.471. The first-order chi connectivity index (χ1) is 2.41. The minimum Gasteiger partial charge on any atom is -0.399 e. The fourth-order valence-electron chi connectivity index (χ4n) is 0.0745. The molecule has 0 aliphatic carbocycles. The summed E-state index contributed by atoms with van der Waals surface area (Å²) in [7, 11) is 1.47. The van der Waals surface area contributed by atoms with E-state index in [1.54, 1.807) is 0 Å². The molecule has 0 saturated carbocycles. The molecule has 0 aliphatic heterocycles. The fraction of sp³-hybridized carbons (Fsp3) is 0.333. The van der Waals surface area contributed by atoms with Crippen molar-refractivity contribution in [1.29, 1.82) is 0 Å². The lowest BCUT2D eigenvalue weighted by molar-refractivity contribution is 0.215. The van der Waals surface area contributed by atoms with Crippen molar-refractivity contribution in [2.45, 2.75) is 0 Å². The van der Waals surface area contributed by atoms with E-state index in [1.165, 1.54) is 13.3 Å². The molecule has 1 radical (unpaired) electrons. The lowest BCUT2D eigenvalue weighted by atomic mass is 10.9. The van der Waals surface area contributed by atoms with Crippen LogP contribution < -0.4 is 0 Å². The minimum atomic E-state index is 1.33. The maximum Gasteiger partial charge on any atom is 0.106 e. The summed E-state index contributed by atoms with van der Waals surface area (Å²) in [5.74, 6) is 0. The molecule has 0 spiro atoms. The molecular formula is C3H6NO. The van der Waals surface area contributed by atoms with Crippen molar-refractivity contribution in [3.05, 3.63) is 6.92 Å². The molecule has 0 rings (SSSR count). The van der Waals surface area contributed by atoms with Crippen LogP contribution in [-0.4, -0.2) is 13.3 Å². The van der Waals surface area contributed by atoms with E-state index in [4.69, 9.17) is 0 Å². The summed E-state index contributed by atoms with van der Waals surface area (Å²) in [6, 6.07) is 0. The first kappa shape index (κ1) is 4.47. The van der Waals surface area contributed by atoms with Gasteiger partial charge in [0, 0.05) is 6.21 Å². The van der Waals surface area contributed by atoms with Crippen molar-refractivity contribution >= 4 is 6.21 Å². The number of nitrogens with zero attached hydrogens (tertiary/aromatic N) is 1. The summed E-state index contributed by atoms with van der Waals surface area (Å²) in [6.07, 6.45) is 1.33. The first-order valence-electron chi connectivity index (χ1n) is 1.26. The molecule has 2 heteroatoms. The third-order valence-electron chi connectivity index (χ3n) is 0.180. The SMILES string of the molecule is [CH2]/C=N/OC. The van der Waals surface area contributed by atoms with Crippen molar-refractivity contribution < 1.29 is 4.84 Å². The van der Waals surface area contributed by atoms with Crippen molar-refractivity contribution in [1.82, 2.24) is 0 Å². The molecule has 0 atom stereocenters. The third-order valence-corrected chi connectivity index (χ3v) is 0.180. The summed E-state index contributed by atoms with van der Waals surface area (Å²) in [5.41, 5.74) is 0. The zero-order valence-electron chi connectivity index (χ0n) is 3.14. The van der Waals surface area contributed by atoms with E-state index in [-0.39, 0.29) is 0 Å². The van der Waals surface area contributed by atoms with Gasteiger partial charge in [0.1, 0.15) is 7.11 Å². The van der Waals surface area contributed by atoms with E-state index >= 15 is 0 Å². The van der Waals surface area contributed by atoms with E-state index in [2.05, 4.69) is 16.9 Å². The van der Waals surface area contributed by atoms with Crippen molar-refractivity contribution in [2.75, 3.05) is 7.11 Å². The number of hydrogen-bond donors (Lipinski definition) is 0. The van der Waals surface area contributed by atoms with Crippen molar-refractivity contribution in [2.24, 2.45) is 5.16 Å². The van der Waals surface area contributed by atoms with Gasteiger partial charge in [0.15, 0.2) is 0 Å². The Kier molecular flexibility index (Phi) is 3.10. The molecular weight excluding hydrogens is 66.0 g/mol. The highest BCUT2D eigenvalue weighted by Gasteiger charge is 1.47. The molecule has 2 nitrogen and oxygen atoms in total. The molecule has 0 unspecified atom stereocenters. The lowest BCUT2D eigenvalue weighted by Gasteiger charge is -1.75. The Labute approximate surface area is 31.4 Å². The van der Waals surface area contributed by atoms with Crippen LogP contribution in [0.25, 0.3) is 0 Å². The molecule has 29 valence electrons. The smallest absolute Gasteiger partial charge is 0.106 e. The highest BCUT2D eigenvalue weighted by atomic mass is 16.6. The van der Waals surface area contributed by atoms with Crippen LogP contribution in [-0.2, 0) is 4.84 Å². The summed E-state index contributed by atoms with van der Waals surface area (Å²) in [5, 5.41) is 3.24. The van der Waals surface area contributed by atoms with Crippen LogP contribution in [0.1, 0.15) is 0 Å². The van der Waals surface area contributed by atoms with Crippen LogP contribution in [0, 0.1) is 6.92 Å². The number of oxime groups is 1. The van der Waals surface area contributed by atoms with Crippen LogP contribution in [0.2, 0.25) is 0 Å². The van der Waals surface area contributed by atoms with E-state index in [0.29, 0.717) is 0 Å². The summed E-state index contributed by atoms with van der Waals surface area (Å²) in [6.45, 7) is 3.26. The van der Waals surface area contributed by atoms with Gasteiger partial charge in [-0.1, -0.05) is 5.16 Å². The first-order valence-corrected chi connectivity index (χ1v) is 1.26. The van der Waals surface area contributed by atoms with E-state index in [0.717, 1.165) is 0 Å². The zero-order chi connectivity index (χ0) is 4.12. The summed E-state index contributed by atoms with van der Waals surface area (Å²) >= 11 is 0.